The molecule has 4 heterocycles. The van der Waals surface area contributed by atoms with E-state index in [0.29, 0.717) is 0 Å². The van der Waals surface area contributed by atoms with Crippen LogP contribution in [0.15, 0.2) is 0 Å². The molecular formula is C18H26O10. The van der Waals surface area contributed by atoms with Gasteiger partial charge in [0.2, 0.25) is 0 Å². The molecule has 2 unspecified atom stereocenters. The van der Waals surface area contributed by atoms with Crippen LogP contribution in [-0.4, -0.2) is 74.2 Å². The molecule has 0 N–H and O–H groups in total. The Hall–Kier alpha value is -1.46. The van der Waals surface area contributed by atoms with Crippen LogP contribution in [0.4, 0.5) is 4.79 Å². The number of carbonyl (C=O) groups excluding carboxylic acids is 2. The number of hydrogen-bond donors (Lipinski definition) is 0. The van der Waals surface area contributed by atoms with Gasteiger partial charge in [-0.05, 0) is 34.6 Å². The minimum absolute atomic E-state index is 0.129. The smallest absolute Gasteiger partial charge is 0.456 e. The van der Waals surface area contributed by atoms with Crippen molar-refractivity contribution in [1.82, 2.24) is 0 Å². The van der Waals surface area contributed by atoms with Gasteiger partial charge in [-0.1, -0.05) is 0 Å². The standard InChI is InChI=1S/C18H26O10/c1-16(2)23-6-9(26-16)10-11(12-13(24-10)28-17(3,4)27-12)25-14(19)18(5)7-21-15(20)22-8-18/h9-13H,6-8H2,1-5H3/t9?,10-,11+,12-,13?/m1/s1. The number of rotatable bonds is 3. The fraction of sp³-hybridized carbons (Fsp3) is 0.889. The van der Waals surface area contributed by atoms with Crippen LogP contribution in [0.1, 0.15) is 34.6 Å². The summed E-state index contributed by atoms with van der Waals surface area (Å²) in [6.07, 6.45) is -3.99. The lowest BCUT2D eigenvalue weighted by Crippen LogP contribution is -2.50. The van der Waals surface area contributed by atoms with Crippen molar-refractivity contribution in [2.24, 2.45) is 5.41 Å². The zero-order valence-corrected chi connectivity index (χ0v) is 16.6. The SMILES string of the molecule is CC1(C)OCC([C@H]2OC3OC(C)(C)O[C@@H]3[C@H]2OC(=O)C2(C)COC(=O)OC2)O1. The number of fused-ring (bicyclic) bond motifs is 1. The molecule has 4 aliphatic rings. The van der Waals surface area contributed by atoms with Crippen molar-refractivity contribution in [3.05, 3.63) is 0 Å². The first-order valence-corrected chi connectivity index (χ1v) is 9.32. The fourth-order valence-electron chi connectivity index (χ4n) is 3.72. The first-order valence-electron chi connectivity index (χ1n) is 9.32. The van der Waals surface area contributed by atoms with Crippen molar-refractivity contribution in [3.8, 4) is 0 Å². The summed E-state index contributed by atoms with van der Waals surface area (Å²) in [5, 5.41) is 0. The maximum Gasteiger partial charge on any atom is 0.508 e. The highest BCUT2D eigenvalue weighted by molar-refractivity contribution is 5.78. The van der Waals surface area contributed by atoms with Gasteiger partial charge in [-0.15, -0.1) is 0 Å². The van der Waals surface area contributed by atoms with E-state index in [9.17, 15) is 9.59 Å². The summed E-state index contributed by atoms with van der Waals surface area (Å²) in [6, 6.07) is 0. The van der Waals surface area contributed by atoms with Crippen LogP contribution in [0.3, 0.4) is 0 Å². The molecule has 4 fully saturated rings. The molecule has 0 spiro atoms. The molecule has 0 radical (unpaired) electrons. The van der Waals surface area contributed by atoms with Crippen molar-refractivity contribution in [1.29, 1.82) is 0 Å². The predicted octanol–water partition coefficient (Wildman–Crippen LogP) is 1.10. The Bertz CT molecular complexity index is 649. The molecule has 28 heavy (non-hydrogen) atoms. The average Bonchev–Trinajstić information content (AvgIpc) is 3.20. The van der Waals surface area contributed by atoms with Gasteiger partial charge in [0.05, 0.1) is 6.61 Å². The summed E-state index contributed by atoms with van der Waals surface area (Å²) < 4.78 is 44.8. The van der Waals surface area contributed by atoms with Crippen LogP contribution in [0.5, 0.6) is 0 Å². The highest BCUT2D eigenvalue weighted by Gasteiger charge is 2.60. The number of esters is 1. The lowest BCUT2D eigenvalue weighted by molar-refractivity contribution is -0.237. The van der Waals surface area contributed by atoms with Crippen molar-refractivity contribution < 1.29 is 47.5 Å². The second kappa shape index (κ2) is 6.53. The third kappa shape index (κ3) is 3.59. The largest absolute Gasteiger partial charge is 0.508 e. The lowest BCUT2D eigenvalue weighted by atomic mass is 9.92. The van der Waals surface area contributed by atoms with Crippen molar-refractivity contribution >= 4 is 12.1 Å². The second-order valence-corrected chi connectivity index (χ2v) is 8.69. The van der Waals surface area contributed by atoms with Gasteiger partial charge in [0.15, 0.2) is 30.1 Å². The Morgan fingerprint density at radius 3 is 2.25 bits per heavy atom. The summed E-state index contributed by atoms with van der Waals surface area (Å²) in [6.45, 7) is 8.76. The Morgan fingerprint density at radius 2 is 1.64 bits per heavy atom. The minimum Gasteiger partial charge on any atom is -0.456 e. The summed E-state index contributed by atoms with van der Waals surface area (Å²) in [5.41, 5.74) is -1.13. The van der Waals surface area contributed by atoms with Gasteiger partial charge < -0.3 is 37.9 Å². The Balaban J connectivity index is 1.52. The van der Waals surface area contributed by atoms with Crippen molar-refractivity contribution in [2.75, 3.05) is 19.8 Å². The van der Waals surface area contributed by atoms with Gasteiger partial charge in [-0.25, -0.2) is 4.79 Å². The lowest BCUT2D eigenvalue weighted by Gasteiger charge is -2.33. The van der Waals surface area contributed by atoms with Crippen LogP contribution in [0.25, 0.3) is 0 Å². The van der Waals surface area contributed by atoms with Gasteiger partial charge >= 0.3 is 12.1 Å². The summed E-state index contributed by atoms with van der Waals surface area (Å²) in [7, 11) is 0. The van der Waals surface area contributed by atoms with Crippen LogP contribution < -0.4 is 0 Å². The maximum atomic E-state index is 12.9. The summed E-state index contributed by atoms with van der Waals surface area (Å²) in [4.78, 5) is 24.0. The highest BCUT2D eigenvalue weighted by Crippen LogP contribution is 2.42. The number of hydrogen-bond acceptors (Lipinski definition) is 10. The topological polar surface area (TPSA) is 108 Å². The fourth-order valence-corrected chi connectivity index (χ4v) is 3.72. The predicted molar refractivity (Wildman–Crippen MR) is 88.9 cm³/mol. The van der Waals surface area contributed by atoms with Crippen LogP contribution in [0, 0.1) is 5.41 Å². The molecule has 10 nitrogen and oxygen atoms in total. The Labute approximate surface area is 162 Å². The van der Waals surface area contributed by atoms with E-state index in [4.69, 9.17) is 37.9 Å². The minimum atomic E-state index is -1.13. The van der Waals surface area contributed by atoms with E-state index >= 15 is 0 Å². The normalized spacial score (nSPS) is 40.5. The zero-order chi connectivity index (χ0) is 20.3. The molecule has 158 valence electrons. The quantitative estimate of drug-likeness (QED) is 0.637. The van der Waals surface area contributed by atoms with E-state index in [1.807, 2.05) is 0 Å². The van der Waals surface area contributed by atoms with E-state index in [1.54, 1.807) is 34.6 Å². The molecule has 5 atom stereocenters. The number of carbonyl (C=O) groups is 2. The van der Waals surface area contributed by atoms with E-state index in [0.717, 1.165) is 0 Å². The molecule has 0 bridgehead atoms. The van der Waals surface area contributed by atoms with Crippen LogP contribution in [-0.2, 0) is 42.7 Å². The maximum absolute atomic E-state index is 12.9. The zero-order valence-electron chi connectivity index (χ0n) is 16.6. The third-order valence-corrected chi connectivity index (χ3v) is 5.18. The Morgan fingerprint density at radius 1 is 0.964 bits per heavy atom. The molecule has 0 aromatic rings. The molecule has 0 aromatic heterocycles. The summed E-state index contributed by atoms with van der Waals surface area (Å²) in [5.74, 6) is -2.21. The summed E-state index contributed by atoms with van der Waals surface area (Å²) >= 11 is 0. The number of ether oxygens (including phenoxy) is 8. The van der Waals surface area contributed by atoms with E-state index < -0.39 is 59.8 Å². The van der Waals surface area contributed by atoms with Gasteiger partial charge in [0, 0.05) is 0 Å². The van der Waals surface area contributed by atoms with Crippen molar-refractivity contribution in [3.63, 3.8) is 0 Å². The molecule has 4 aliphatic heterocycles. The molecule has 0 saturated carbocycles. The monoisotopic (exact) mass is 402 g/mol. The first-order chi connectivity index (χ1) is 13.0. The van der Waals surface area contributed by atoms with Crippen LogP contribution >= 0.6 is 0 Å². The van der Waals surface area contributed by atoms with Crippen molar-refractivity contribution in [2.45, 2.75) is 76.9 Å². The van der Waals surface area contributed by atoms with Gasteiger partial charge in [-0.2, -0.15) is 0 Å². The van der Waals surface area contributed by atoms with Gasteiger partial charge in [-0.3, -0.25) is 4.79 Å². The molecule has 0 aliphatic carbocycles. The van der Waals surface area contributed by atoms with Gasteiger partial charge in [0.1, 0.15) is 30.8 Å². The molecular weight excluding hydrogens is 376 g/mol. The molecule has 0 amide bonds. The Kier molecular flexibility index (Phi) is 4.63. The third-order valence-electron chi connectivity index (χ3n) is 5.18. The first kappa shape index (κ1) is 19.8. The van der Waals surface area contributed by atoms with Gasteiger partial charge in [0.25, 0.3) is 0 Å². The van der Waals surface area contributed by atoms with E-state index in [2.05, 4.69) is 0 Å². The molecule has 4 saturated heterocycles. The average molecular weight is 402 g/mol. The molecule has 10 heteroatoms. The van der Waals surface area contributed by atoms with E-state index in [1.165, 1.54) is 0 Å². The highest BCUT2D eigenvalue weighted by atomic mass is 16.9. The molecule has 0 aromatic carbocycles. The number of cyclic esters (lactones) is 2. The van der Waals surface area contributed by atoms with E-state index in [-0.39, 0.29) is 19.8 Å². The van der Waals surface area contributed by atoms with Crippen LogP contribution in [0.2, 0.25) is 0 Å². The molecule has 4 rings (SSSR count). The second-order valence-electron chi connectivity index (χ2n) is 8.69.